The zero-order valence-electron chi connectivity index (χ0n) is 13.7. The van der Waals surface area contributed by atoms with Crippen molar-refractivity contribution in [1.29, 1.82) is 0 Å². The van der Waals surface area contributed by atoms with Gasteiger partial charge in [-0.3, -0.25) is 4.79 Å². The molecule has 0 aliphatic rings. The van der Waals surface area contributed by atoms with Gasteiger partial charge in [0, 0.05) is 4.47 Å². The minimum absolute atomic E-state index is 0.188. The Labute approximate surface area is 153 Å². The number of benzene rings is 2. The largest absolute Gasteiger partial charge is 0.495 e. The van der Waals surface area contributed by atoms with Gasteiger partial charge in [-0.1, -0.05) is 34.1 Å². The third-order valence-corrected chi connectivity index (χ3v) is 4.04. The van der Waals surface area contributed by atoms with Crippen LogP contribution < -0.4 is 14.8 Å². The molecule has 0 spiro atoms. The predicted molar refractivity (Wildman–Crippen MR) is 98.8 cm³/mol. The van der Waals surface area contributed by atoms with Crippen LogP contribution in [0.3, 0.4) is 0 Å². The minimum Gasteiger partial charge on any atom is -0.495 e. The number of aromatic nitrogens is 2. The lowest BCUT2D eigenvalue weighted by atomic mass is 10.2. The van der Waals surface area contributed by atoms with Crippen LogP contribution in [0.25, 0.3) is 5.69 Å². The van der Waals surface area contributed by atoms with Gasteiger partial charge in [0.05, 0.1) is 31.8 Å². The summed E-state index contributed by atoms with van der Waals surface area (Å²) in [6.07, 6.45) is 1.67. The predicted octanol–water partition coefficient (Wildman–Crippen LogP) is 3.90. The van der Waals surface area contributed by atoms with Crippen LogP contribution in [0.4, 0.5) is 5.69 Å². The Morgan fingerprint density at radius 1 is 1.08 bits per heavy atom. The lowest BCUT2D eigenvalue weighted by molar-refractivity contribution is 0.101. The Morgan fingerprint density at radius 3 is 2.48 bits per heavy atom. The molecule has 1 heterocycles. The van der Waals surface area contributed by atoms with E-state index < -0.39 is 0 Å². The van der Waals surface area contributed by atoms with Crippen molar-refractivity contribution in [3.05, 3.63) is 64.9 Å². The van der Waals surface area contributed by atoms with Crippen molar-refractivity contribution in [1.82, 2.24) is 9.78 Å². The van der Waals surface area contributed by atoms with Crippen LogP contribution >= 0.6 is 15.9 Å². The third kappa shape index (κ3) is 3.66. The third-order valence-electron chi connectivity index (χ3n) is 3.55. The van der Waals surface area contributed by atoms with E-state index in [-0.39, 0.29) is 11.6 Å². The van der Waals surface area contributed by atoms with E-state index in [2.05, 4.69) is 26.3 Å². The van der Waals surface area contributed by atoms with E-state index in [1.165, 1.54) is 7.11 Å². The van der Waals surface area contributed by atoms with Gasteiger partial charge in [-0.15, -0.1) is 0 Å². The summed E-state index contributed by atoms with van der Waals surface area (Å²) in [5.74, 6) is 0.552. The molecule has 0 saturated carbocycles. The number of carbonyl (C=O) groups is 1. The molecule has 0 fully saturated rings. The summed E-state index contributed by atoms with van der Waals surface area (Å²) in [5, 5.41) is 7.16. The molecule has 0 unspecified atom stereocenters. The van der Waals surface area contributed by atoms with Crippen LogP contribution in [-0.4, -0.2) is 29.9 Å². The lowest BCUT2D eigenvalue weighted by Crippen LogP contribution is -2.14. The molecule has 1 amide bonds. The number of methoxy groups -OCH3 is 2. The van der Waals surface area contributed by atoms with Crippen molar-refractivity contribution in [3.63, 3.8) is 0 Å². The zero-order valence-corrected chi connectivity index (χ0v) is 15.3. The Kier molecular flexibility index (Phi) is 5.04. The van der Waals surface area contributed by atoms with Gasteiger partial charge in [0.2, 0.25) is 0 Å². The number of halogens is 1. The Bertz CT molecular complexity index is 894. The first kappa shape index (κ1) is 17.0. The second-order valence-electron chi connectivity index (χ2n) is 5.12. The highest BCUT2D eigenvalue weighted by molar-refractivity contribution is 9.10. The van der Waals surface area contributed by atoms with Crippen LogP contribution in [0.5, 0.6) is 11.5 Å². The number of nitrogens with zero attached hydrogens (tertiary/aromatic N) is 2. The summed E-state index contributed by atoms with van der Waals surface area (Å²) in [7, 11) is 3.05. The summed E-state index contributed by atoms with van der Waals surface area (Å²) >= 11 is 3.38. The van der Waals surface area contributed by atoms with Gasteiger partial charge in [-0.05, 0) is 30.3 Å². The molecular weight excluding hydrogens is 386 g/mol. The van der Waals surface area contributed by atoms with E-state index in [4.69, 9.17) is 9.47 Å². The molecule has 3 aromatic rings. The highest BCUT2D eigenvalue weighted by Gasteiger charge is 2.20. The van der Waals surface area contributed by atoms with Gasteiger partial charge in [-0.25, -0.2) is 4.68 Å². The van der Waals surface area contributed by atoms with Gasteiger partial charge in [0.15, 0.2) is 11.4 Å². The molecule has 25 heavy (non-hydrogen) atoms. The highest BCUT2D eigenvalue weighted by atomic mass is 79.9. The summed E-state index contributed by atoms with van der Waals surface area (Å²) in [5.41, 5.74) is 1.56. The number of anilines is 1. The zero-order chi connectivity index (χ0) is 17.8. The summed E-state index contributed by atoms with van der Waals surface area (Å²) in [6, 6.07) is 14.9. The Balaban J connectivity index is 1.92. The first-order chi connectivity index (χ1) is 12.1. The first-order valence-corrected chi connectivity index (χ1v) is 8.25. The van der Waals surface area contributed by atoms with E-state index in [0.29, 0.717) is 17.2 Å². The second-order valence-corrected chi connectivity index (χ2v) is 6.04. The number of hydrogen-bond donors (Lipinski definition) is 1. The molecule has 1 N–H and O–H groups in total. The van der Waals surface area contributed by atoms with Gasteiger partial charge >= 0.3 is 0 Å². The average molecular weight is 402 g/mol. The standard InChI is InChI=1S/C18H16BrN3O3/c1-24-15-9-8-12(19)10-14(15)20-18(23)17-16(25-2)11-22(21-17)13-6-4-3-5-7-13/h3-11H,1-2H3,(H,20,23). The Hall–Kier alpha value is -2.80. The van der Waals surface area contributed by atoms with Crippen molar-refractivity contribution in [2.24, 2.45) is 0 Å². The van der Waals surface area contributed by atoms with Gasteiger partial charge in [-0.2, -0.15) is 5.10 Å². The maximum atomic E-state index is 12.7. The second kappa shape index (κ2) is 7.40. The fraction of sp³-hybridized carbons (Fsp3) is 0.111. The number of amides is 1. The molecule has 0 aliphatic carbocycles. The van der Waals surface area contributed by atoms with Crippen molar-refractivity contribution >= 4 is 27.5 Å². The van der Waals surface area contributed by atoms with Crippen LogP contribution in [0, 0.1) is 0 Å². The fourth-order valence-electron chi connectivity index (χ4n) is 2.34. The quantitative estimate of drug-likeness (QED) is 0.703. The summed E-state index contributed by atoms with van der Waals surface area (Å²) < 4.78 is 13.0. The van der Waals surface area contributed by atoms with E-state index in [9.17, 15) is 4.79 Å². The van der Waals surface area contributed by atoms with Gasteiger partial charge < -0.3 is 14.8 Å². The average Bonchev–Trinajstić information content (AvgIpc) is 3.07. The SMILES string of the molecule is COc1ccc(Br)cc1NC(=O)c1nn(-c2ccccc2)cc1OC. The molecule has 0 radical (unpaired) electrons. The molecular formula is C18H16BrN3O3. The van der Waals surface area contributed by atoms with E-state index in [1.54, 1.807) is 30.1 Å². The van der Waals surface area contributed by atoms with Crippen molar-refractivity contribution in [3.8, 4) is 17.2 Å². The van der Waals surface area contributed by atoms with E-state index in [1.807, 2.05) is 36.4 Å². The molecule has 7 heteroatoms. The molecule has 2 aromatic carbocycles. The number of carbonyl (C=O) groups excluding carboxylic acids is 1. The molecule has 3 rings (SSSR count). The van der Waals surface area contributed by atoms with E-state index in [0.717, 1.165) is 10.2 Å². The molecule has 6 nitrogen and oxygen atoms in total. The number of ether oxygens (including phenoxy) is 2. The normalized spacial score (nSPS) is 10.4. The van der Waals surface area contributed by atoms with Crippen LogP contribution in [0.2, 0.25) is 0 Å². The molecule has 128 valence electrons. The molecule has 0 atom stereocenters. The number of hydrogen-bond acceptors (Lipinski definition) is 4. The Morgan fingerprint density at radius 2 is 1.80 bits per heavy atom. The number of rotatable bonds is 5. The van der Waals surface area contributed by atoms with E-state index >= 15 is 0 Å². The molecule has 1 aromatic heterocycles. The van der Waals surface area contributed by atoms with Crippen LogP contribution in [0.15, 0.2) is 59.2 Å². The minimum atomic E-state index is -0.386. The monoisotopic (exact) mass is 401 g/mol. The smallest absolute Gasteiger partial charge is 0.280 e. The number of nitrogens with one attached hydrogen (secondary N) is 1. The van der Waals surface area contributed by atoms with Crippen molar-refractivity contribution in [2.45, 2.75) is 0 Å². The topological polar surface area (TPSA) is 65.4 Å². The van der Waals surface area contributed by atoms with Crippen LogP contribution in [0.1, 0.15) is 10.5 Å². The van der Waals surface area contributed by atoms with Crippen LogP contribution in [-0.2, 0) is 0 Å². The van der Waals surface area contributed by atoms with Gasteiger partial charge in [0.1, 0.15) is 5.75 Å². The molecule has 0 aliphatic heterocycles. The van der Waals surface area contributed by atoms with Gasteiger partial charge in [0.25, 0.3) is 5.91 Å². The fourth-order valence-corrected chi connectivity index (χ4v) is 2.70. The maximum absolute atomic E-state index is 12.7. The lowest BCUT2D eigenvalue weighted by Gasteiger charge is -2.10. The van der Waals surface area contributed by atoms with Crippen molar-refractivity contribution in [2.75, 3.05) is 19.5 Å². The summed E-state index contributed by atoms with van der Waals surface area (Å²) in [4.78, 5) is 12.7. The maximum Gasteiger partial charge on any atom is 0.280 e. The highest BCUT2D eigenvalue weighted by Crippen LogP contribution is 2.29. The summed E-state index contributed by atoms with van der Waals surface area (Å²) in [6.45, 7) is 0. The molecule has 0 bridgehead atoms. The first-order valence-electron chi connectivity index (χ1n) is 7.46. The number of para-hydroxylation sites is 1. The van der Waals surface area contributed by atoms with Crippen molar-refractivity contribution < 1.29 is 14.3 Å². The molecule has 0 saturated heterocycles.